The van der Waals surface area contributed by atoms with Gasteiger partial charge in [0, 0.05) is 44.0 Å². The number of thioether (sulfide) groups is 1. The summed E-state index contributed by atoms with van der Waals surface area (Å²) >= 11 is 1.06. The van der Waals surface area contributed by atoms with Crippen molar-refractivity contribution in [1.82, 2.24) is 14.5 Å². The van der Waals surface area contributed by atoms with Crippen LogP contribution in [0.15, 0.2) is 82.7 Å². The number of anilines is 1. The SMILES string of the molecule is CCC(Sc1nc2ccccc2c(=O)n1-c1cccc(C(F)(F)F)c1)C(=O)N1CCN(c2ccc([N+](=O)[O-])cc2)CC1. The maximum absolute atomic E-state index is 13.6. The zero-order valence-corrected chi connectivity index (χ0v) is 23.3. The molecule has 1 aliphatic heterocycles. The van der Waals surface area contributed by atoms with E-state index in [1.807, 2.05) is 11.8 Å². The van der Waals surface area contributed by atoms with Gasteiger partial charge in [-0.3, -0.25) is 24.3 Å². The van der Waals surface area contributed by atoms with Crippen molar-refractivity contribution in [3.05, 3.63) is 98.8 Å². The van der Waals surface area contributed by atoms with E-state index in [9.17, 15) is 32.9 Å². The smallest absolute Gasteiger partial charge is 0.368 e. The molecule has 2 heterocycles. The Morgan fingerprint density at radius 1 is 1.00 bits per heavy atom. The number of fused-ring (bicyclic) bond motifs is 1. The number of hydrogen-bond donors (Lipinski definition) is 0. The predicted octanol–water partition coefficient (Wildman–Crippen LogP) is 5.53. The van der Waals surface area contributed by atoms with Crippen LogP contribution in [0.4, 0.5) is 24.5 Å². The minimum Gasteiger partial charge on any atom is -0.368 e. The summed E-state index contributed by atoms with van der Waals surface area (Å²) in [6.07, 6.45) is -4.20. The van der Waals surface area contributed by atoms with Gasteiger partial charge in [0.1, 0.15) is 0 Å². The Balaban J connectivity index is 1.40. The highest BCUT2D eigenvalue weighted by molar-refractivity contribution is 8.00. The van der Waals surface area contributed by atoms with Gasteiger partial charge >= 0.3 is 6.18 Å². The standard InChI is InChI=1S/C29H26F3N5O4S/c1-2-25(27(39)35-16-14-34(15-17-35)20-10-12-21(13-11-20)37(40)41)42-28-33-24-9-4-3-8-23(24)26(38)36(28)22-7-5-6-19(18-22)29(30,31)32/h3-13,18,25H,2,14-17H2,1H3. The van der Waals surface area contributed by atoms with Crippen LogP contribution in [0.3, 0.4) is 0 Å². The van der Waals surface area contributed by atoms with Crippen molar-refractivity contribution in [3.63, 3.8) is 0 Å². The topological polar surface area (TPSA) is 102 Å². The number of piperazine rings is 1. The van der Waals surface area contributed by atoms with Gasteiger partial charge in [0.25, 0.3) is 11.2 Å². The Labute approximate surface area is 242 Å². The van der Waals surface area contributed by atoms with E-state index in [2.05, 4.69) is 4.98 Å². The lowest BCUT2D eigenvalue weighted by Gasteiger charge is -2.37. The minimum absolute atomic E-state index is 0.00119. The molecule has 1 aliphatic rings. The molecule has 4 aromatic rings. The number of para-hydroxylation sites is 1. The van der Waals surface area contributed by atoms with Crippen LogP contribution in [0.5, 0.6) is 0 Å². The third kappa shape index (κ3) is 5.96. The molecule has 1 aromatic heterocycles. The molecule has 3 aromatic carbocycles. The van der Waals surface area contributed by atoms with Gasteiger partial charge in [-0.1, -0.05) is 36.9 Å². The second-order valence-corrected chi connectivity index (χ2v) is 10.9. The molecule has 1 amide bonds. The van der Waals surface area contributed by atoms with E-state index < -0.39 is 27.5 Å². The summed E-state index contributed by atoms with van der Waals surface area (Å²) in [5.41, 5.74) is -0.214. The zero-order valence-electron chi connectivity index (χ0n) is 22.5. The number of carbonyl (C=O) groups excluding carboxylic acids is 1. The number of alkyl halides is 3. The van der Waals surface area contributed by atoms with Crippen molar-refractivity contribution in [1.29, 1.82) is 0 Å². The van der Waals surface area contributed by atoms with Crippen LogP contribution < -0.4 is 10.5 Å². The van der Waals surface area contributed by atoms with Crippen molar-refractivity contribution in [3.8, 4) is 5.69 Å². The van der Waals surface area contributed by atoms with E-state index in [-0.39, 0.29) is 27.8 Å². The van der Waals surface area contributed by atoms with Crippen molar-refractivity contribution in [2.24, 2.45) is 0 Å². The van der Waals surface area contributed by atoms with Crippen LogP contribution in [0.25, 0.3) is 16.6 Å². The van der Waals surface area contributed by atoms with Crippen LogP contribution in [0, 0.1) is 10.1 Å². The summed E-state index contributed by atoms with van der Waals surface area (Å²) in [7, 11) is 0. The van der Waals surface area contributed by atoms with Crippen molar-refractivity contribution < 1.29 is 22.9 Å². The molecule has 1 fully saturated rings. The molecule has 13 heteroatoms. The van der Waals surface area contributed by atoms with Crippen molar-refractivity contribution in [2.45, 2.75) is 29.9 Å². The molecule has 5 rings (SSSR count). The number of amides is 1. The van der Waals surface area contributed by atoms with Crippen LogP contribution >= 0.6 is 11.8 Å². The maximum atomic E-state index is 13.6. The van der Waals surface area contributed by atoms with Crippen LogP contribution in [-0.4, -0.2) is 56.7 Å². The number of aromatic nitrogens is 2. The summed E-state index contributed by atoms with van der Waals surface area (Å²) in [6, 6.07) is 17.3. The van der Waals surface area contributed by atoms with Gasteiger partial charge in [0.2, 0.25) is 5.91 Å². The molecule has 0 aliphatic carbocycles. The average molecular weight is 598 g/mol. The molecule has 0 radical (unpaired) electrons. The first-order valence-electron chi connectivity index (χ1n) is 13.2. The van der Waals surface area contributed by atoms with Gasteiger partial charge in [-0.15, -0.1) is 0 Å². The fourth-order valence-electron chi connectivity index (χ4n) is 4.85. The zero-order chi connectivity index (χ0) is 30.0. The van der Waals surface area contributed by atoms with E-state index in [0.717, 1.165) is 34.1 Å². The molecule has 218 valence electrons. The second kappa shape index (κ2) is 11.8. The molecular weight excluding hydrogens is 571 g/mol. The molecule has 0 N–H and O–H groups in total. The van der Waals surface area contributed by atoms with Gasteiger partial charge in [0.05, 0.1) is 32.3 Å². The molecule has 1 saturated heterocycles. The lowest BCUT2D eigenvalue weighted by Crippen LogP contribution is -2.51. The summed E-state index contributed by atoms with van der Waals surface area (Å²) in [6.45, 7) is 3.70. The molecule has 0 saturated carbocycles. The largest absolute Gasteiger partial charge is 0.416 e. The normalized spacial score (nSPS) is 14.7. The molecule has 42 heavy (non-hydrogen) atoms. The minimum atomic E-state index is -4.60. The summed E-state index contributed by atoms with van der Waals surface area (Å²) < 4.78 is 41.7. The molecule has 1 unspecified atom stereocenters. The number of non-ortho nitro benzene ring substituents is 1. The third-order valence-corrected chi connectivity index (χ3v) is 8.39. The highest BCUT2D eigenvalue weighted by Crippen LogP contribution is 2.33. The number of nitrogens with zero attached hydrogens (tertiary/aromatic N) is 5. The van der Waals surface area contributed by atoms with E-state index in [4.69, 9.17) is 0 Å². The lowest BCUT2D eigenvalue weighted by atomic mass is 10.2. The Hall–Kier alpha value is -4.39. The quantitative estimate of drug-likeness (QED) is 0.119. The monoisotopic (exact) mass is 597 g/mol. The summed E-state index contributed by atoms with van der Waals surface area (Å²) in [5, 5.41) is 10.7. The predicted molar refractivity (Wildman–Crippen MR) is 154 cm³/mol. The average Bonchev–Trinajstić information content (AvgIpc) is 2.99. The van der Waals surface area contributed by atoms with E-state index in [0.29, 0.717) is 38.1 Å². The Morgan fingerprint density at radius 3 is 2.33 bits per heavy atom. The van der Waals surface area contributed by atoms with Crippen LogP contribution in [0.1, 0.15) is 18.9 Å². The first-order chi connectivity index (χ1) is 20.1. The number of benzene rings is 3. The number of nitro groups is 1. The highest BCUT2D eigenvalue weighted by atomic mass is 32.2. The van der Waals surface area contributed by atoms with Crippen LogP contribution in [-0.2, 0) is 11.0 Å². The van der Waals surface area contributed by atoms with Gasteiger partial charge in [-0.2, -0.15) is 13.2 Å². The Morgan fingerprint density at radius 2 is 1.69 bits per heavy atom. The number of halogens is 3. The van der Waals surface area contributed by atoms with Gasteiger partial charge in [0.15, 0.2) is 5.16 Å². The maximum Gasteiger partial charge on any atom is 0.416 e. The second-order valence-electron chi connectivity index (χ2n) is 9.70. The number of nitro benzene ring substituents is 1. The van der Waals surface area contributed by atoms with E-state index in [1.54, 1.807) is 41.3 Å². The van der Waals surface area contributed by atoms with Crippen LogP contribution in [0.2, 0.25) is 0 Å². The number of carbonyl (C=O) groups is 1. The molecule has 9 nitrogen and oxygen atoms in total. The molecular formula is C29H26F3N5O4S. The van der Waals surface area contributed by atoms with E-state index in [1.165, 1.54) is 24.3 Å². The Kier molecular flexibility index (Phi) is 8.21. The first kappa shape index (κ1) is 29.1. The van der Waals surface area contributed by atoms with Crippen molar-refractivity contribution in [2.75, 3.05) is 31.1 Å². The fraction of sp³-hybridized carbons (Fsp3) is 0.276. The summed E-state index contributed by atoms with van der Waals surface area (Å²) in [4.78, 5) is 46.1. The van der Waals surface area contributed by atoms with E-state index >= 15 is 0 Å². The van der Waals surface area contributed by atoms with Gasteiger partial charge in [-0.05, 0) is 48.9 Å². The molecule has 1 atom stereocenters. The third-order valence-electron chi connectivity index (χ3n) is 7.09. The fourth-order valence-corrected chi connectivity index (χ4v) is 5.97. The van der Waals surface area contributed by atoms with Gasteiger partial charge < -0.3 is 9.80 Å². The van der Waals surface area contributed by atoms with Crippen molar-refractivity contribution >= 4 is 39.9 Å². The lowest BCUT2D eigenvalue weighted by molar-refractivity contribution is -0.384. The van der Waals surface area contributed by atoms with Gasteiger partial charge in [-0.25, -0.2) is 4.98 Å². The molecule has 0 bridgehead atoms. The molecule has 0 spiro atoms. The highest BCUT2D eigenvalue weighted by Gasteiger charge is 2.32. The Bertz CT molecular complexity index is 1690. The number of rotatable bonds is 7. The summed E-state index contributed by atoms with van der Waals surface area (Å²) in [5.74, 6) is -0.163. The first-order valence-corrected chi connectivity index (χ1v) is 14.1. The number of hydrogen-bond acceptors (Lipinski definition) is 7.